The fourth-order valence-corrected chi connectivity index (χ4v) is 2.15. The summed E-state index contributed by atoms with van der Waals surface area (Å²) in [6, 6.07) is 10.5. The summed E-state index contributed by atoms with van der Waals surface area (Å²) in [6.07, 6.45) is 2.39. The Hall–Kier alpha value is -3.02. The molecular weight excluding hydrogens is 344 g/mol. The first-order valence-electron chi connectivity index (χ1n) is 8.68. The third-order valence-electron chi connectivity index (χ3n) is 3.76. The lowest BCUT2D eigenvalue weighted by molar-refractivity contribution is 0.111. The van der Waals surface area contributed by atoms with Crippen molar-refractivity contribution in [3.8, 4) is 11.5 Å². The van der Waals surface area contributed by atoms with E-state index in [2.05, 4.69) is 0 Å². The van der Waals surface area contributed by atoms with E-state index in [1.807, 2.05) is 57.0 Å². The Labute approximate surface area is 161 Å². The number of nitrogens with zero attached hydrogens (tertiary/aromatic N) is 2. The first kappa shape index (κ1) is 22.0. The summed E-state index contributed by atoms with van der Waals surface area (Å²) >= 11 is 0. The van der Waals surface area contributed by atoms with Crippen molar-refractivity contribution in [2.24, 2.45) is 0 Å². The Morgan fingerprint density at radius 2 is 1.41 bits per heavy atom. The molecule has 1 N–H and O–H groups in total. The van der Waals surface area contributed by atoms with Crippen molar-refractivity contribution in [3.63, 3.8) is 0 Å². The Balaban J connectivity index is 0.000000277. The minimum Gasteiger partial charge on any atom is -0.507 e. The highest BCUT2D eigenvalue weighted by Gasteiger charge is 2.05. The van der Waals surface area contributed by atoms with Crippen molar-refractivity contribution >= 4 is 23.9 Å². The van der Waals surface area contributed by atoms with E-state index in [1.54, 1.807) is 24.3 Å². The van der Waals surface area contributed by atoms with E-state index >= 15 is 0 Å². The molecule has 2 aromatic carbocycles. The van der Waals surface area contributed by atoms with Gasteiger partial charge in [-0.2, -0.15) is 0 Å². The molecule has 0 aliphatic heterocycles. The number of anilines is 2. The van der Waals surface area contributed by atoms with Crippen molar-refractivity contribution in [3.05, 3.63) is 47.5 Å². The maximum absolute atomic E-state index is 10.8. The Bertz CT molecular complexity index is 758. The van der Waals surface area contributed by atoms with Gasteiger partial charge in [-0.1, -0.05) is 6.92 Å². The number of aromatic hydroxyl groups is 1. The second kappa shape index (κ2) is 10.9. The van der Waals surface area contributed by atoms with Gasteiger partial charge in [0.15, 0.2) is 12.6 Å². The molecule has 0 saturated heterocycles. The molecule has 27 heavy (non-hydrogen) atoms. The second-order valence-electron chi connectivity index (χ2n) is 6.34. The molecule has 0 aromatic heterocycles. The lowest BCUT2D eigenvalue weighted by atomic mass is 10.2. The fourth-order valence-electron chi connectivity index (χ4n) is 2.15. The number of hydrogen-bond acceptors (Lipinski definition) is 6. The predicted octanol–water partition coefficient (Wildman–Crippen LogP) is 3.62. The molecule has 0 heterocycles. The predicted molar refractivity (Wildman–Crippen MR) is 110 cm³/mol. The van der Waals surface area contributed by atoms with Crippen LogP contribution in [0, 0.1) is 0 Å². The number of benzene rings is 2. The van der Waals surface area contributed by atoms with Crippen LogP contribution in [0.15, 0.2) is 36.4 Å². The topological polar surface area (TPSA) is 70.1 Å². The van der Waals surface area contributed by atoms with Crippen molar-refractivity contribution in [1.82, 2.24) is 0 Å². The average molecular weight is 372 g/mol. The number of hydrogen-bond donors (Lipinski definition) is 1. The normalized spacial score (nSPS) is 9.67. The van der Waals surface area contributed by atoms with Gasteiger partial charge in [-0.15, -0.1) is 0 Å². The van der Waals surface area contributed by atoms with E-state index in [0.29, 0.717) is 29.8 Å². The molecule has 146 valence electrons. The minimum atomic E-state index is 0.0243. The first-order valence-corrected chi connectivity index (χ1v) is 8.68. The van der Waals surface area contributed by atoms with Gasteiger partial charge in [-0.25, -0.2) is 0 Å². The summed E-state index contributed by atoms with van der Waals surface area (Å²) in [5.74, 6) is 0.689. The van der Waals surface area contributed by atoms with E-state index in [9.17, 15) is 14.7 Å². The molecule has 6 nitrogen and oxygen atoms in total. The quantitative estimate of drug-likeness (QED) is 0.749. The Morgan fingerprint density at radius 3 is 1.85 bits per heavy atom. The molecule has 0 radical (unpaired) electrons. The number of carbonyl (C=O) groups excluding carboxylic acids is 2. The van der Waals surface area contributed by atoms with E-state index in [0.717, 1.165) is 24.1 Å². The van der Waals surface area contributed by atoms with Gasteiger partial charge in [0.1, 0.15) is 11.5 Å². The van der Waals surface area contributed by atoms with Crippen LogP contribution in [0.2, 0.25) is 0 Å². The van der Waals surface area contributed by atoms with Crippen LogP contribution < -0.4 is 14.5 Å². The molecule has 0 aliphatic rings. The SMILES string of the molecule is CCCOc1cc(N(C)C)ccc1C=O.CN(C)c1ccc(C=O)c(O)c1. The summed E-state index contributed by atoms with van der Waals surface area (Å²) in [6.45, 7) is 2.67. The molecule has 0 amide bonds. The number of phenols is 1. The van der Waals surface area contributed by atoms with Gasteiger partial charge in [0, 0.05) is 51.7 Å². The van der Waals surface area contributed by atoms with Crippen LogP contribution in [0.5, 0.6) is 11.5 Å². The number of ether oxygens (including phenoxy) is 1. The fraction of sp³-hybridized carbons (Fsp3) is 0.333. The van der Waals surface area contributed by atoms with Crippen LogP contribution in [-0.4, -0.2) is 52.5 Å². The maximum atomic E-state index is 10.8. The molecule has 0 spiro atoms. The largest absolute Gasteiger partial charge is 0.507 e. The van der Waals surface area contributed by atoms with Gasteiger partial charge in [0.2, 0.25) is 0 Å². The van der Waals surface area contributed by atoms with Gasteiger partial charge in [-0.3, -0.25) is 9.59 Å². The second-order valence-corrected chi connectivity index (χ2v) is 6.34. The number of carbonyl (C=O) groups is 2. The van der Waals surface area contributed by atoms with Crippen molar-refractivity contribution in [1.29, 1.82) is 0 Å². The monoisotopic (exact) mass is 372 g/mol. The third kappa shape index (κ3) is 6.66. The molecule has 0 unspecified atom stereocenters. The highest BCUT2D eigenvalue weighted by Crippen LogP contribution is 2.24. The molecule has 0 atom stereocenters. The van der Waals surface area contributed by atoms with Gasteiger partial charge in [-0.05, 0) is 30.7 Å². The van der Waals surface area contributed by atoms with Crippen LogP contribution in [0.3, 0.4) is 0 Å². The van der Waals surface area contributed by atoms with Crippen LogP contribution >= 0.6 is 0 Å². The summed E-state index contributed by atoms with van der Waals surface area (Å²) in [5.41, 5.74) is 2.83. The zero-order valence-corrected chi connectivity index (χ0v) is 16.6. The van der Waals surface area contributed by atoms with Crippen LogP contribution in [0.4, 0.5) is 11.4 Å². The molecule has 0 aliphatic carbocycles. The standard InChI is InChI=1S/C12H17NO2.C9H11NO2/c1-4-7-15-12-8-11(13(2)3)6-5-10(12)9-14;1-10(2)8-4-3-7(6-11)9(12)5-8/h5-6,8-9H,4,7H2,1-3H3;3-6,12H,1-2H3. The Kier molecular flexibility index (Phi) is 8.85. The molecule has 0 fully saturated rings. The molecule has 2 rings (SSSR count). The van der Waals surface area contributed by atoms with Crippen molar-refractivity contribution < 1.29 is 19.4 Å². The van der Waals surface area contributed by atoms with E-state index in [1.165, 1.54) is 0 Å². The van der Waals surface area contributed by atoms with Crippen molar-refractivity contribution in [2.75, 3.05) is 44.6 Å². The molecule has 0 saturated carbocycles. The number of aldehydes is 2. The van der Waals surface area contributed by atoms with Crippen LogP contribution in [-0.2, 0) is 0 Å². The van der Waals surface area contributed by atoms with E-state index in [4.69, 9.17) is 4.74 Å². The lowest BCUT2D eigenvalue weighted by Gasteiger charge is -2.15. The highest BCUT2D eigenvalue weighted by atomic mass is 16.5. The number of phenolic OH excluding ortho intramolecular Hbond substituents is 1. The third-order valence-corrected chi connectivity index (χ3v) is 3.76. The summed E-state index contributed by atoms with van der Waals surface area (Å²) in [5, 5.41) is 9.28. The van der Waals surface area contributed by atoms with Crippen LogP contribution in [0.1, 0.15) is 34.1 Å². The summed E-state index contributed by atoms with van der Waals surface area (Å²) in [7, 11) is 7.66. The van der Waals surface area contributed by atoms with Crippen LogP contribution in [0.25, 0.3) is 0 Å². The number of rotatable bonds is 7. The minimum absolute atomic E-state index is 0.0243. The van der Waals surface area contributed by atoms with Gasteiger partial charge in [0.25, 0.3) is 0 Å². The molecule has 2 aromatic rings. The summed E-state index contributed by atoms with van der Waals surface area (Å²) in [4.78, 5) is 24.9. The molecular formula is C21H28N2O4. The smallest absolute Gasteiger partial charge is 0.153 e. The Morgan fingerprint density at radius 1 is 0.889 bits per heavy atom. The van der Waals surface area contributed by atoms with Gasteiger partial charge < -0.3 is 19.6 Å². The molecule has 6 heteroatoms. The zero-order chi connectivity index (χ0) is 20.4. The van der Waals surface area contributed by atoms with E-state index in [-0.39, 0.29) is 5.75 Å². The van der Waals surface area contributed by atoms with Crippen molar-refractivity contribution in [2.45, 2.75) is 13.3 Å². The average Bonchev–Trinajstić information content (AvgIpc) is 2.66. The highest BCUT2D eigenvalue weighted by molar-refractivity contribution is 5.81. The van der Waals surface area contributed by atoms with Gasteiger partial charge in [0.05, 0.1) is 17.7 Å². The summed E-state index contributed by atoms with van der Waals surface area (Å²) < 4.78 is 5.51. The lowest BCUT2D eigenvalue weighted by Crippen LogP contribution is -2.09. The zero-order valence-electron chi connectivity index (χ0n) is 16.6. The first-order chi connectivity index (χ1) is 12.8. The van der Waals surface area contributed by atoms with Gasteiger partial charge >= 0.3 is 0 Å². The molecule has 0 bridgehead atoms. The van der Waals surface area contributed by atoms with E-state index < -0.39 is 0 Å². The maximum Gasteiger partial charge on any atom is 0.153 e.